The van der Waals surface area contributed by atoms with Crippen LogP contribution in [0.5, 0.6) is 5.75 Å². The maximum absolute atomic E-state index is 12.7. The van der Waals surface area contributed by atoms with Gasteiger partial charge in [-0.3, -0.25) is 4.79 Å². The predicted octanol–water partition coefficient (Wildman–Crippen LogP) is 4.00. The van der Waals surface area contributed by atoms with Crippen LogP contribution in [0.25, 0.3) is 11.0 Å². The molecule has 0 saturated heterocycles. The zero-order valence-electron chi connectivity index (χ0n) is 16.1. The first kappa shape index (κ1) is 19.0. The second-order valence-electron chi connectivity index (χ2n) is 6.88. The third kappa shape index (κ3) is 4.89. The minimum atomic E-state index is -0.106. The lowest BCUT2D eigenvalue weighted by molar-refractivity contribution is 0.0952. The smallest absolute Gasteiger partial charge is 0.255 e. The van der Waals surface area contributed by atoms with E-state index in [4.69, 9.17) is 9.15 Å². The highest BCUT2D eigenvalue weighted by molar-refractivity contribution is 6.07. The molecular formula is C22H26N2O3. The molecule has 1 heterocycles. The summed E-state index contributed by atoms with van der Waals surface area (Å²) in [6, 6.07) is 15.6. The number of fused-ring (bicyclic) bond motifs is 1. The molecule has 2 aromatic carbocycles. The Bertz CT molecular complexity index is 901. The third-order valence-corrected chi connectivity index (χ3v) is 4.38. The molecule has 5 nitrogen and oxygen atoms in total. The van der Waals surface area contributed by atoms with Gasteiger partial charge in [-0.2, -0.15) is 0 Å². The van der Waals surface area contributed by atoms with Crippen molar-refractivity contribution in [2.75, 3.05) is 27.2 Å². The van der Waals surface area contributed by atoms with Gasteiger partial charge in [0.2, 0.25) is 0 Å². The van der Waals surface area contributed by atoms with Gasteiger partial charge < -0.3 is 19.4 Å². The van der Waals surface area contributed by atoms with E-state index in [9.17, 15) is 4.79 Å². The molecule has 3 aromatic rings. The van der Waals surface area contributed by atoms with E-state index in [0.29, 0.717) is 35.8 Å². The molecule has 0 aliphatic heterocycles. The van der Waals surface area contributed by atoms with Crippen LogP contribution in [0.2, 0.25) is 0 Å². The van der Waals surface area contributed by atoms with Gasteiger partial charge in [-0.15, -0.1) is 0 Å². The van der Waals surface area contributed by atoms with Crippen molar-refractivity contribution < 1.29 is 13.9 Å². The van der Waals surface area contributed by atoms with E-state index in [0.717, 1.165) is 23.9 Å². The van der Waals surface area contributed by atoms with Crippen LogP contribution in [0.4, 0.5) is 0 Å². The number of carbonyl (C=O) groups excluding carboxylic acids is 1. The number of carbonyl (C=O) groups is 1. The summed E-state index contributed by atoms with van der Waals surface area (Å²) in [6.07, 6.45) is 0.902. The predicted molar refractivity (Wildman–Crippen MR) is 107 cm³/mol. The number of hydrogen-bond donors (Lipinski definition) is 1. The van der Waals surface area contributed by atoms with Crippen molar-refractivity contribution in [1.29, 1.82) is 0 Å². The molecule has 1 amide bonds. The first-order valence-corrected chi connectivity index (χ1v) is 9.17. The van der Waals surface area contributed by atoms with Crippen molar-refractivity contribution in [2.45, 2.75) is 20.0 Å². The molecule has 1 N–H and O–H groups in total. The van der Waals surface area contributed by atoms with Gasteiger partial charge in [0.05, 0.1) is 5.56 Å². The molecule has 0 bridgehead atoms. The maximum Gasteiger partial charge on any atom is 0.255 e. The highest BCUT2D eigenvalue weighted by Gasteiger charge is 2.18. The molecule has 0 aliphatic rings. The molecule has 0 atom stereocenters. The number of aryl methyl sites for hydroxylation is 1. The Morgan fingerprint density at radius 3 is 2.67 bits per heavy atom. The Morgan fingerprint density at radius 1 is 1.15 bits per heavy atom. The summed E-state index contributed by atoms with van der Waals surface area (Å²) >= 11 is 0. The molecule has 27 heavy (non-hydrogen) atoms. The SMILES string of the molecule is Cc1oc2ccc(OCc3ccccc3)cc2c1C(=O)NCCCN(C)C. The summed E-state index contributed by atoms with van der Waals surface area (Å²) in [5.74, 6) is 1.23. The zero-order chi connectivity index (χ0) is 19.2. The van der Waals surface area contributed by atoms with Crippen LogP contribution in [0.1, 0.15) is 28.1 Å². The fourth-order valence-electron chi connectivity index (χ4n) is 3.00. The summed E-state index contributed by atoms with van der Waals surface area (Å²) in [6.45, 7) is 3.87. The molecular weight excluding hydrogens is 340 g/mol. The highest BCUT2D eigenvalue weighted by Crippen LogP contribution is 2.29. The van der Waals surface area contributed by atoms with Crippen LogP contribution >= 0.6 is 0 Å². The van der Waals surface area contributed by atoms with Crippen molar-refractivity contribution >= 4 is 16.9 Å². The summed E-state index contributed by atoms with van der Waals surface area (Å²) < 4.78 is 11.6. The Kier molecular flexibility index (Phi) is 6.14. The minimum Gasteiger partial charge on any atom is -0.489 e. The average molecular weight is 366 g/mol. The Hall–Kier alpha value is -2.79. The van der Waals surface area contributed by atoms with E-state index in [2.05, 4.69) is 10.2 Å². The quantitative estimate of drug-likeness (QED) is 0.612. The number of nitrogens with one attached hydrogen (secondary N) is 1. The largest absolute Gasteiger partial charge is 0.489 e. The fraction of sp³-hybridized carbons (Fsp3) is 0.318. The van der Waals surface area contributed by atoms with Crippen molar-refractivity contribution in [1.82, 2.24) is 10.2 Å². The molecule has 0 unspecified atom stereocenters. The van der Waals surface area contributed by atoms with Gasteiger partial charge in [-0.05, 0) is 57.7 Å². The lowest BCUT2D eigenvalue weighted by Crippen LogP contribution is -2.27. The Morgan fingerprint density at radius 2 is 1.93 bits per heavy atom. The fourth-order valence-corrected chi connectivity index (χ4v) is 3.00. The molecule has 0 saturated carbocycles. The highest BCUT2D eigenvalue weighted by atomic mass is 16.5. The molecule has 0 aliphatic carbocycles. The number of furan rings is 1. The third-order valence-electron chi connectivity index (χ3n) is 4.38. The first-order valence-electron chi connectivity index (χ1n) is 9.17. The maximum atomic E-state index is 12.7. The number of rotatable bonds is 8. The van der Waals surface area contributed by atoms with Crippen LogP contribution in [-0.2, 0) is 6.61 Å². The number of hydrogen-bond acceptors (Lipinski definition) is 4. The van der Waals surface area contributed by atoms with Crippen molar-refractivity contribution in [2.24, 2.45) is 0 Å². The van der Waals surface area contributed by atoms with Gasteiger partial charge >= 0.3 is 0 Å². The summed E-state index contributed by atoms with van der Waals surface area (Å²) in [7, 11) is 4.04. The van der Waals surface area contributed by atoms with E-state index < -0.39 is 0 Å². The van der Waals surface area contributed by atoms with Gasteiger partial charge in [-0.1, -0.05) is 30.3 Å². The van der Waals surface area contributed by atoms with E-state index in [1.807, 2.05) is 69.6 Å². The van der Waals surface area contributed by atoms with E-state index in [-0.39, 0.29) is 5.91 Å². The summed E-state index contributed by atoms with van der Waals surface area (Å²) in [4.78, 5) is 14.7. The average Bonchev–Trinajstić information content (AvgIpc) is 2.99. The normalized spacial score (nSPS) is 11.1. The molecule has 1 aromatic heterocycles. The lowest BCUT2D eigenvalue weighted by Gasteiger charge is -2.10. The number of ether oxygens (including phenoxy) is 1. The van der Waals surface area contributed by atoms with Crippen molar-refractivity contribution in [3.8, 4) is 5.75 Å². The summed E-state index contributed by atoms with van der Waals surface area (Å²) in [5.41, 5.74) is 2.37. The summed E-state index contributed by atoms with van der Waals surface area (Å²) in [5, 5.41) is 3.77. The van der Waals surface area contributed by atoms with Crippen LogP contribution in [0.3, 0.4) is 0 Å². The molecule has 0 spiro atoms. The van der Waals surface area contributed by atoms with Crippen LogP contribution < -0.4 is 10.1 Å². The van der Waals surface area contributed by atoms with Crippen LogP contribution in [-0.4, -0.2) is 38.0 Å². The molecule has 3 rings (SSSR count). The standard InChI is InChI=1S/C22H26N2O3/c1-16-21(22(25)23-12-7-13-24(2)3)19-14-18(10-11-20(19)27-16)26-15-17-8-5-4-6-9-17/h4-6,8-11,14H,7,12-13,15H2,1-3H3,(H,23,25). The molecule has 0 radical (unpaired) electrons. The van der Waals surface area contributed by atoms with Gasteiger partial charge in [0.1, 0.15) is 23.7 Å². The van der Waals surface area contributed by atoms with Gasteiger partial charge in [-0.25, -0.2) is 0 Å². The number of amides is 1. The van der Waals surface area contributed by atoms with Crippen molar-refractivity contribution in [3.05, 3.63) is 65.4 Å². The zero-order valence-corrected chi connectivity index (χ0v) is 16.1. The monoisotopic (exact) mass is 366 g/mol. The first-order chi connectivity index (χ1) is 13.0. The second-order valence-corrected chi connectivity index (χ2v) is 6.88. The lowest BCUT2D eigenvalue weighted by atomic mass is 10.1. The van der Waals surface area contributed by atoms with Gasteiger partial charge in [0.15, 0.2) is 0 Å². The number of benzene rings is 2. The number of nitrogens with zero attached hydrogens (tertiary/aromatic N) is 1. The van der Waals surface area contributed by atoms with E-state index in [1.54, 1.807) is 0 Å². The molecule has 142 valence electrons. The Balaban J connectivity index is 1.73. The van der Waals surface area contributed by atoms with E-state index in [1.165, 1.54) is 0 Å². The van der Waals surface area contributed by atoms with E-state index >= 15 is 0 Å². The second kappa shape index (κ2) is 8.73. The Labute approximate surface area is 159 Å². The van der Waals surface area contributed by atoms with Crippen LogP contribution in [0, 0.1) is 6.92 Å². The molecule has 5 heteroatoms. The van der Waals surface area contributed by atoms with Crippen LogP contribution in [0.15, 0.2) is 52.9 Å². The topological polar surface area (TPSA) is 54.7 Å². The minimum absolute atomic E-state index is 0.106. The van der Waals surface area contributed by atoms with Gasteiger partial charge in [0, 0.05) is 11.9 Å². The van der Waals surface area contributed by atoms with Crippen molar-refractivity contribution in [3.63, 3.8) is 0 Å². The van der Waals surface area contributed by atoms with Gasteiger partial charge in [0.25, 0.3) is 5.91 Å². The molecule has 0 fully saturated rings.